The highest BCUT2D eigenvalue weighted by molar-refractivity contribution is 5.75. The Morgan fingerprint density at radius 3 is 2.12 bits per heavy atom. The van der Waals surface area contributed by atoms with Gasteiger partial charge in [0.25, 0.3) is 0 Å². The fourth-order valence-electron chi connectivity index (χ4n) is 1.47. The molecular weight excluding hydrogens is 216 g/mol. The topological polar surface area (TPSA) is 60.7 Å². The first kappa shape index (κ1) is 11.1. The van der Waals surface area contributed by atoms with Crippen molar-refractivity contribution in [3.63, 3.8) is 0 Å². The van der Waals surface area contributed by atoms with Crippen LogP contribution in [-0.2, 0) is 0 Å². The third-order valence-corrected chi connectivity index (χ3v) is 2.42. The van der Waals surface area contributed by atoms with E-state index in [2.05, 4.69) is 0 Å². The molecule has 2 aromatic rings. The summed E-state index contributed by atoms with van der Waals surface area (Å²) in [5.74, 6) is -1.16. The van der Waals surface area contributed by atoms with Crippen LogP contribution in [0.2, 0.25) is 0 Å². The van der Waals surface area contributed by atoms with Crippen LogP contribution in [0.15, 0.2) is 42.5 Å². The van der Waals surface area contributed by atoms with Crippen molar-refractivity contribution < 1.29 is 15.3 Å². The Morgan fingerprint density at radius 2 is 1.41 bits per heavy atom. The maximum Gasteiger partial charge on any atom is 0.200 e. The average Bonchev–Trinajstić information content (AvgIpc) is 2.36. The molecule has 0 aliphatic heterocycles. The molecule has 0 spiro atoms. The van der Waals surface area contributed by atoms with Gasteiger partial charge in [0.15, 0.2) is 11.5 Å². The number of rotatable bonds is 2. The number of phenols is 3. The molecule has 0 aliphatic rings. The summed E-state index contributed by atoms with van der Waals surface area (Å²) in [4.78, 5) is 0. The number of hydrogen-bond donors (Lipinski definition) is 3. The van der Waals surface area contributed by atoms with E-state index >= 15 is 0 Å². The summed E-state index contributed by atoms with van der Waals surface area (Å²) >= 11 is 0. The van der Waals surface area contributed by atoms with E-state index in [0.29, 0.717) is 5.56 Å². The van der Waals surface area contributed by atoms with Crippen molar-refractivity contribution in [1.29, 1.82) is 0 Å². The van der Waals surface area contributed by atoms with Gasteiger partial charge in [0.2, 0.25) is 5.75 Å². The molecule has 0 heterocycles. The lowest BCUT2D eigenvalue weighted by Crippen LogP contribution is -1.77. The third-order valence-electron chi connectivity index (χ3n) is 2.42. The minimum absolute atomic E-state index is 0.322. The van der Waals surface area contributed by atoms with Crippen LogP contribution in [0.1, 0.15) is 11.1 Å². The van der Waals surface area contributed by atoms with Gasteiger partial charge in [-0.2, -0.15) is 0 Å². The van der Waals surface area contributed by atoms with Crippen molar-refractivity contribution >= 4 is 12.2 Å². The van der Waals surface area contributed by atoms with Crippen LogP contribution in [0.3, 0.4) is 0 Å². The highest BCUT2D eigenvalue weighted by atomic mass is 16.3. The maximum atomic E-state index is 9.60. The number of hydrogen-bond acceptors (Lipinski definition) is 3. The van der Waals surface area contributed by atoms with Crippen molar-refractivity contribution in [3.05, 3.63) is 53.6 Å². The first-order valence-corrected chi connectivity index (χ1v) is 5.15. The van der Waals surface area contributed by atoms with E-state index in [1.807, 2.05) is 36.4 Å². The summed E-state index contributed by atoms with van der Waals surface area (Å²) in [6.45, 7) is 0. The molecular formula is C14H12O3. The Balaban J connectivity index is 2.31. The zero-order chi connectivity index (χ0) is 12.3. The van der Waals surface area contributed by atoms with E-state index in [1.165, 1.54) is 12.1 Å². The summed E-state index contributed by atoms with van der Waals surface area (Å²) in [7, 11) is 0. The lowest BCUT2D eigenvalue weighted by Gasteiger charge is -2.03. The minimum Gasteiger partial charge on any atom is -0.504 e. The third kappa shape index (κ3) is 2.39. The molecule has 0 saturated heterocycles. The molecule has 3 nitrogen and oxygen atoms in total. The van der Waals surface area contributed by atoms with Gasteiger partial charge in [-0.05, 0) is 17.7 Å². The fraction of sp³-hybridized carbons (Fsp3) is 0. The molecule has 0 fully saturated rings. The number of aromatic hydroxyl groups is 3. The summed E-state index contributed by atoms with van der Waals surface area (Å²) in [6.07, 6.45) is 3.48. The van der Waals surface area contributed by atoms with Crippen LogP contribution in [0.5, 0.6) is 17.2 Å². The second-order valence-electron chi connectivity index (χ2n) is 3.62. The van der Waals surface area contributed by atoms with Gasteiger partial charge < -0.3 is 15.3 Å². The van der Waals surface area contributed by atoms with Gasteiger partial charge in [-0.3, -0.25) is 0 Å². The SMILES string of the molecule is Oc1ccc(C=Cc2ccccc2)c(O)c1O. The Bertz CT molecular complexity index is 545. The summed E-state index contributed by atoms with van der Waals surface area (Å²) in [5.41, 5.74) is 1.43. The van der Waals surface area contributed by atoms with Crippen molar-refractivity contribution in [2.75, 3.05) is 0 Å². The van der Waals surface area contributed by atoms with Gasteiger partial charge in [0.05, 0.1) is 0 Å². The number of phenolic OH excluding ortho intramolecular Hbond substituents is 3. The molecule has 2 rings (SSSR count). The zero-order valence-corrected chi connectivity index (χ0v) is 9.04. The lowest BCUT2D eigenvalue weighted by molar-refractivity contribution is 0.367. The van der Waals surface area contributed by atoms with E-state index in [4.69, 9.17) is 0 Å². The quantitative estimate of drug-likeness (QED) is 0.547. The Kier molecular flexibility index (Phi) is 3.01. The fourth-order valence-corrected chi connectivity index (χ4v) is 1.47. The molecule has 17 heavy (non-hydrogen) atoms. The Morgan fingerprint density at radius 1 is 0.706 bits per heavy atom. The first-order valence-electron chi connectivity index (χ1n) is 5.15. The normalized spacial score (nSPS) is 10.8. The summed E-state index contributed by atoms with van der Waals surface area (Å²) < 4.78 is 0. The smallest absolute Gasteiger partial charge is 0.200 e. The lowest BCUT2D eigenvalue weighted by atomic mass is 10.1. The van der Waals surface area contributed by atoms with Gasteiger partial charge in [0.1, 0.15) is 0 Å². The van der Waals surface area contributed by atoms with Crippen LogP contribution >= 0.6 is 0 Å². The van der Waals surface area contributed by atoms with Gasteiger partial charge in [-0.25, -0.2) is 0 Å². The van der Waals surface area contributed by atoms with E-state index in [1.54, 1.807) is 6.08 Å². The van der Waals surface area contributed by atoms with Crippen molar-refractivity contribution in [2.24, 2.45) is 0 Å². The van der Waals surface area contributed by atoms with Crippen LogP contribution in [0, 0.1) is 0 Å². The standard InChI is InChI=1S/C14H12O3/c15-12-9-8-11(13(16)14(12)17)7-6-10-4-2-1-3-5-10/h1-9,15-17H. The average molecular weight is 228 g/mol. The van der Waals surface area contributed by atoms with Crippen LogP contribution < -0.4 is 0 Å². The largest absolute Gasteiger partial charge is 0.504 e. The van der Waals surface area contributed by atoms with Crippen molar-refractivity contribution in [1.82, 2.24) is 0 Å². The van der Waals surface area contributed by atoms with E-state index in [9.17, 15) is 15.3 Å². The molecule has 0 amide bonds. The van der Waals surface area contributed by atoms with Gasteiger partial charge in [-0.1, -0.05) is 42.5 Å². The van der Waals surface area contributed by atoms with Crippen LogP contribution in [-0.4, -0.2) is 15.3 Å². The van der Waals surface area contributed by atoms with E-state index in [0.717, 1.165) is 5.56 Å². The molecule has 0 aliphatic carbocycles. The Hall–Kier alpha value is -2.42. The van der Waals surface area contributed by atoms with Crippen molar-refractivity contribution in [2.45, 2.75) is 0 Å². The molecule has 3 heteroatoms. The van der Waals surface area contributed by atoms with E-state index < -0.39 is 5.75 Å². The second-order valence-corrected chi connectivity index (χ2v) is 3.62. The number of benzene rings is 2. The van der Waals surface area contributed by atoms with E-state index in [-0.39, 0.29) is 11.5 Å². The van der Waals surface area contributed by atoms with Gasteiger partial charge >= 0.3 is 0 Å². The van der Waals surface area contributed by atoms with Crippen LogP contribution in [0.4, 0.5) is 0 Å². The van der Waals surface area contributed by atoms with Crippen LogP contribution in [0.25, 0.3) is 12.2 Å². The van der Waals surface area contributed by atoms with Crippen molar-refractivity contribution in [3.8, 4) is 17.2 Å². The molecule has 0 aromatic heterocycles. The molecule has 0 saturated carbocycles. The molecule has 0 bridgehead atoms. The summed E-state index contributed by atoms with van der Waals surface area (Å²) in [5, 5.41) is 28.1. The molecule has 0 atom stereocenters. The molecule has 3 N–H and O–H groups in total. The molecule has 86 valence electrons. The highest BCUT2D eigenvalue weighted by Crippen LogP contribution is 2.37. The van der Waals surface area contributed by atoms with Gasteiger partial charge in [0, 0.05) is 5.56 Å². The second kappa shape index (κ2) is 4.61. The maximum absolute atomic E-state index is 9.60. The summed E-state index contributed by atoms with van der Waals surface area (Å²) in [6, 6.07) is 12.5. The Labute approximate surface area is 98.9 Å². The zero-order valence-electron chi connectivity index (χ0n) is 9.04. The predicted molar refractivity (Wildman–Crippen MR) is 66.8 cm³/mol. The molecule has 0 radical (unpaired) electrons. The first-order chi connectivity index (χ1) is 8.18. The predicted octanol–water partition coefficient (Wildman–Crippen LogP) is 2.97. The minimum atomic E-state index is -0.500. The monoisotopic (exact) mass is 228 g/mol. The molecule has 2 aromatic carbocycles. The van der Waals surface area contributed by atoms with Gasteiger partial charge in [-0.15, -0.1) is 0 Å². The molecule has 0 unspecified atom stereocenters. The highest BCUT2D eigenvalue weighted by Gasteiger charge is 2.08.